The summed E-state index contributed by atoms with van der Waals surface area (Å²) in [4.78, 5) is 40.4. The lowest BCUT2D eigenvalue weighted by Gasteiger charge is -2.11. The molecule has 0 spiro atoms. The van der Waals surface area contributed by atoms with Crippen LogP contribution in [0.5, 0.6) is 5.75 Å². The van der Waals surface area contributed by atoms with Gasteiger partial charge in [-0.2, -0.15) is 0 Å². The fourth-order valence-corrected chi connectivity index (χ4v) is 2.85. The van der Waals surface area contributed by atoms with Crippen LogP contribution in [0.25, 0.3) is 0 Å². The number of hydrogen-bond acceptors (Lipinski definition) is 5. The van der Waals surface area contributed by atoms with E-state index in [1.807, 2.05) is 32.0 Å². The Morgan fingerprint density at radius 1 is 1.03 bits per heavy atom. The molecular weight excluding hydrogens is 410 g/mol. The summed E-state index contributed by atoms with van der Waals surface area (Å²) in [6.07, 6.45) is 5.33. The quantitative estimate of drug-likeness (QED) is 0.470. The number of benzene rings is 2. The van der Waals surface area contributed by atoms with Crippen LogP contribution >= 0.6 is 0 Å². The summed E-state index contributed by atoms with van der Waals surface area (Å²) >= 11 is 0. The molecule has 2 aromatic carbocycles. The smallest absolute Gasteiger partial charge is 0.276 e. The van der Waals surface area contributed by atoms with Crippen molar-refractivity contribution in [2.24, 2.45) is 0 Å². The minimum absolute atomic E-state index is 0.187. The molecule has 0 aliphatic carbocycles. The van der Waals surface area contributed by atoms with Crippen LogP contribution in [0.1, 0.15) is 27.9 Å². The van der Waals surface area contributed by atoms with Crippen molar-refractivity contribution in [2.75, 3.05) is 11.9 Å². The van der Waals surface area contributed by atoms with Crippen molar-refractivity contribution in [1.29, 1.82) is 0 Å². The van der Waals surface area contributed by atoms with Gasteiger partial charge in [-0.3, -0.25) is 25.2 Å². The van der Waals surface area contributed by atoms with E-state index in [0.717, 1.165) is 11.1 Å². The monoisotopic (exact) mass is 435 g/mol. The fourth-order valence-electron chi connectivity index (χ4n) is 2.85. The number of nitrogens with zero attached hydrogens (tertiary/aromatic N) is 2. The molecule has 32 heavy (non-hydrogen) atoms. The number of rotatable bonds is 8. The van der Waals surface area contributed by atoms with Gasteiger partial charge in [0.1, 0.15) is 5.75 Å². The summed E-state index contributed by atoms with van der Waals surface area (Å²) in [5, 5.41) is 2.75. The molecule has 1 aromatic heterocycles. The first-order valence-electron chi connectivity index (χ1n) is 10.1. The maximum Gasteiger partial charge on any atom is 0.276 e. The Balaban J connectivity index is 1.45. The van der Waals surface area contributed by atoms with Crippen molar-refractivity contribution >= 4 is 23.4 Å². The third-order valence-electron chi connectivity index (χ3n) is 4.58. The van der Waals surface area contributed by atoms with Gasteiger partial charge in [-0.25, -0.2) is 4.98 Å². The zero-order valence-electron chi connectivity index (χ0n) is 17.9. The molecule has 0 aliphatic rings. The number of aryl methyl sites for hydroxylation is 3. The molecule has 0 saturated heterocycles. The number of imidazole rings is 1. The summed E-state index contributed by atoms with van der Waals surface area (Å²) in [5.74, 6) is -0.584. The number of ether oxygens (including phenoxy) is 1. The maximum absolute atomic E-state index is 12.4. The fraction of sp³-hybridized carbons (Fsp3) is 0.217. The lowest BCUT2D eigenvalue weighted by atomic mass is 10.1. The van der Waals surface area contributed by atoms with Crippen molar-refractivity contribution in [1.82, 2.24) is 20.4 Å². The average Bonchev–Trinajstić information content (AvgIpc) is 3.30. The maximum atomic E-state index is 12.4. The largest absolute Gasteiger partial charge is 0.483 e. The highest BCUT2D eigenvalue weighted by Crippen LogP contribution is 2.18. The minimum Gasteiger partial charge on any atom is -0.483 e. The molecule has 9 heteroatoms. The van der Waals surface area contributed by atoms with Crippen LogP contribution in [0.4, 0.5) is 5.69 Å². The summed E-state index contributed by atoms with van der Waals surface area (Å²) in [6, 6.07) is 12.1. The molecule has 3 rings (SSSR count). The first-order valence-corrected chi connectivity index (χ1v) is 10.1. The first-order chi connectivity index (χ1) is 15.4. The van der Waals surface area contributed by atoms with E-state index >= 15 is 0 Å². The SMILES string of the molecule is Cc1ccc(C)c(OCC(=O)NNC(=O)c2cccc(NC(=O)CCn3ccnc3)c2)c1. The topological polar surface area (TPSA) is 114 Å². The van der Waals surface area contributed by atoms with Crippen LogP contribution in [0.2, 0.25) is 0 Å². The summed E-state index contributed by atoms with van der Waals surface area (Å²) in [5.41, 5.74) is 7.37. The summed E-state index contributed by atoms with van der Waals surface area (Å²) < 4.78 is 7.32. The Bertz CT molecular complexity index is 1100. The Hall–Kier alpha value is -4.14. The van der Waals surface area contributed by atoms with E-state index in [1.165, 1.54) is 6.07 Å². The number of amides is 3. The van der Waals surface area contributed by atoms with Crippen molar-refractivity contribution in [3.8, 4) is 5.75 Å². The van der Waals surface area contributed by atoms with Crippen molar-refractivity contribution in [3.05, 3.63) is 77.9 Å². The molecule has 0 saturated carbocycles. The van der Waals surface area contributed by atoms with Gasteiger partial charge in [0.05, 0.1) is 6.33 Å². The van der Waals surface area contributed by atoms with Crippen molar-refractivity contribution in [2.45, 2.75) is 26.8 Å². The van der Waals surface area contributed by atoms with Gasteiger partial charge in [0.2, 0.25) is 5.91 Å². The van der Waals surface area contributed by atoms with E-state index in [0.29, 0.717) is 18.0 Å². The third kappa shape index (κ3) is 6.69. The van der Waals surface area contributed by atoms with E-state index in [4.69, 9.17) is 4.74 Å². The van der Waals surface area contributed by atoms with Gasteiger partial charge < -0.3 is 14.6 Å². The van der Waals surface area contributed by atoms with Crippen LogP contribution in [-0.4, -0.2) is 33.9 Å². The van der Waals surface area contributed by atoms with Crippen molar-refractivity contribution < 1.29 is 19.1 Å². The van der Waals surface area contributed by atoms with Gasteiger partial charge in [0.25, 0.3) is 11.8 Å². The van der Waals surface area contributed by atoms with Gasteiger partial charge in [-0.15, -0.1) is 0 Å². The Kier molecular flexibility index (Phi) is 7.58. The molecule has 9 nitrogen and oxygen atoms in total. The molecule has 0 bridgehead atoms. The van der Waals surface area contributed by atoms with Crippen molar-refractivity contribution in [3.63, 3.8) is 0 Å². The zero-order chi connectivity index (χ0) is 22.9. The Morgan fingerprint density at radius 2 is 1.88 bits per heavy atom. The second-order valence-electron chi connectivity index (χ2n) is 7.24. The highest BCUT2D eigenvalue weighted by molar-refractivity contribution is 5.98. The zero-order valence-corrected chi connectivity index (χ0v) is 17.9. The third-order valence-corrected chi connectivity index (χ3v) is 4.58. The minimum atomic E-state index is -0.514. The summed E-state index contributed by atoms with van der Waals surface area (Å²) in [7, 11) is 0. The van der Waals surface area contributed by atoms with Gasteiger partial charge in [-0.1, -0.05) is 18.2 Å². The number of carbonyl (C=O) groups excluding carboxylic acids is 3. The van der Waals surface area contributed by atoms with Crippen LogP contribution < -0.4 is 20.9 Å². The Morgan fingerprint density at radius 3 is 2.66 bits per heavy atom. The summed E-state index contributed by atoms with van der Waals surface area (Å²) in [6.45, 7) is 4.08. The molecule has 0 radical (unpaired) electrons. The normalized spacial score (nSPS) is 10.3. The number of anilines is 1. The van der Waals surface area contributed by atoms with Crippen LogP contribution in [0.15, 0.2) is 61.2 Å². The Labute approximate surface area is 185 Å². The molecule has 3 aromatic rings. The molecule has 0 aliphatic heterocycles. The molecule has 0 fully saturated rings. The van der Waals surface area contributed by atoms with Crippen LogP contribution in [0.3, 0.4) is 0 Å². The van der Waals surface area contributed by atoms with E-state index in [-0.39, 0.29) is 24.5 Å². The number of aromatic nitrogens is 2. The first kappa shape index (κ1) is 22.5. The molecule has 3 amide bonds. The van der Waals surface area contributed by atoms with Gasteiger partial charge >= 0.3 is 0 Å². The van der Waals surface area contributed by atoms with E-state index in [1.54, 1.807) is 41.5 Å². The predicted octanol–water partition coefficient (Wildman–Crippen LogP) is 2.37. The second kappa shape index (κ2) is 10.8. The number of hydrazine groups is 1. The second-order valence-corrected chi connectivity index (χ2v) is 7.24. The average molecular weight is 435 g/mol. The molecule has 3 N–H and O–H groups in total. The highest BCUT2D eigenvalue weighted by Gasteiger charge is 2.10. The van der Waals surface area contributed by atoms with E-state index in [9.17, 15) is 14.4 Å². The number of carbonyl (C=O) groups is 3. The molecule has 166 valence electrons. The number of hydrogen-bond donors (Lipinski definition) is 3. The van der Waals surface area contributed by atoms with Gasteiger partial charge in [0.15, 0.2) is 6.61 Å². The van der Waals surface area contributed by atoms with Gasteiger partial charge in [0, 0.05) is 36.6 Å². The number of nitrogens with one attached hydrogen (secondary N) is 3. The molecule has 0 atom stereocenters. The van der Waals surface area contributed by atoms with Crippen LogP contribution in [-0.2, 0) is 16.1 Å². The molecular formula is C23H25N5O4. The molecule has 1 heterocycles. The highest BCUT2D eigenvalue weighted by atomic mass is 16.5. The lowest BCUT2D eigenvalue weighted by molar-refractivity contribution is -0.123. The van der Waals surface area contributed by atoms with Crippen LogP contribution in [0, 0.1) is 13.8 Å². The predicted molar refractivity (Wildman–Crippen MR) is 119 cm³/mol. The standard InChI is InChI=1S/C23H25N5O4/c1-16-6-7-17(2)20(12-16)32-14-22(30)26-27-23(31)18-4-3-5-19(13-18)25-21(29)8-10-28-11-9-24-15-28/h3-7,9,11-13,15H,8,10,14H2,1-2H3,(H,25,29)(H,26,30)(H,27,31). The lowest BCUT2D eigenvalue weighted by Crippen LogP contribution is -2.43. The van der Waals surface area contributed by atoms with E-state index < -0.39 is 11.8 Å². The van der Waals surface area contributed by atoms with E-state index in [2.05, 4.69) is 21.2 Å². The molecule has 0 unspecified atom stereocenters. The van der Waals surface area contributed by atoms with Gasteiger partial charge in [-0.05, 0) is 49.2 Å².